The molecule has 0 aliphatic carbocycles. The van der Waals surface area contributed by atoms with Crippen molar-refractivity contribution in [2.24, 2.45) is 0 Å². The van der Waals surface area contributed by atoms with Gasteiger partial charge in [0, 0.05) is 5.56 Å². The Morgan fingerprint density at radius 3 is 2.36 bits per heavy atom. The molecule has 0 aromatic heterocycles. The normalized spacial score (nSPS) is 9.18. The first-order valence-corrected chi connectivity index (χ1v) is 3.16. The number of hydrogen-bond donors (Lipinski definition) is 2. The number of phenolic OH excluding ortho intramolecular Hbond substituents is 1. The first-order valence-electron chi connectivity index (χ1n) is 3.16. The average molecular weight is 151 g/mol. The Kier molecular flexibility index (Phi) is 2.11. The van der Waals surface area contributed by atoms with Gasteiger partial charge in [-0.05, 0) is 24.3 Å². The maximum atomic E-state index is 8.90. The zero-order valence-electron chi connectivity index (χ0n) is 6.16. The van der Waals surface area contributed by atoms with Gasteiger partial charge < -0.3 is 9.84 Å². The summed E-state index contributed by atoms with van der Waals surface area (Å²) in [5, 5.41) is 16.1. The predicted octanol–water partition coefficient (Wildman–Crippen LogP) is 1.36. The molecule has 0 bridgehead atoms. The van der Waals surface area contributed by atoms with Crippen molar-refractivity contribution in [2.45, 2.75) is 0 Å². The summed E-state index contributed by atoms with van der Waals surface area (Å²) < 4.78 is 4.68. The zero-order valence-corrected chi connectivity index (χ0v) is 6.16. The van der Waals surface area contributed by atoms with Gasteiger partial charge in [-0.25, -0.2) is 0 Å². The predicted molar refractivity (Wildman–Crippen MR) is 41.9 cm³/mol. The van der Waals surface area contributed by atoms with E-state index in [-0.39, 0.29) is 11.6 Å². The number of aromatic hydroxyl groups is 1. The molecule has 3 heteroatoms. The number of rotatable bonds is 1. The van der Waals surface area contributed by atoms with E-state index < -0.39 is 0 Å². The van der Waals surface area contributed by atoms with Gasteiger partial charge in [0.25, 0.3) is 0 Å². The number of hydrogen-bond acceptors (Lipinski definition) is 3. The van der Waals surface area contributed by atoms with Crippen LogP contribution in [0.3, 0.4) is 0 Å². The van der Waals surface area contributed by atoms with E-state index >= 15 is 0 Å². The van der Waals surface area contributed by atoms with Gasteiger partial charge in [-0.3, -0.25) is 5.41 Å². The lowest BCUT2D eigenvalue weighted by Gasteiger charge is -2.00. The topological polar surface area (TPSA) is 53.3 Å². The Morgan fingerprint density at radius 2 is 1.91 bits per heavy atom. The van der Waals surface area contributed by atoms with Crippen LogP contribution in [0.5, 0.6) is 5.75 Å². The molecule has 1 aromatic carbocycles. The van der Waals surface area contributed by atoms with Crippen molar-refractivity contribution >= 4 is 5.90 Å². The fourth-order valence-corrected chi connectivity index (χ4v) is 0.731. The molecule has 0 saturated heterocycles. The number of ether oxygens (including phenoxy) is 1. The van der Waals surface area contributed by atoms with Crippen LogP contribution in [-0.4, -0.2) is 18.1 Å². The second-order valence-electron chi connectivity index (χ2n) is 2.08. The van der Waals surface area contributed by atoms with E-state index in [2.05, 4.69) is 4.74 Å². The van der Waals surface area contributed by atoms with Crippen LogP contribution >= 0.6 is 0 Å². The van der Waals surface area contributed by atoms with E-state index in [1.54, 1.807) is 12.1 Å². The summed E-state index contributed by atoms with van der Waals surface area (Å²) in [6, 6.07) is 6.29. The minimum atomic E-state index is 0.102. The summed E-state index contributed by atoms with van der Waals surface area (Å²) in [5.74, 6) is 0.294. The molecule has 11 heavy (non-hydrogen) atoms. The molecule has 1 rings (SSSR count). The molecule has 3 nitrogen and oxygen atoms in total. The Hall–Kier alpha value is -1.51. The van der Waals surface area contributed by atoms with E-state index in [0.29, 0.717) is 5.56 Å². The molecule has 0 radical (unpaired) electrons. The molecule has 0 fully saturated rings. The second-order valence-corrected chi connectivity index (χ2v) is 2.08. The second kappa shape index (κ2) is 3.05. The van der Waals surface area contributed by atoms with Gasteiger partial charge in [-0.15, -0.1) is 0 Å². The quantitative estimate of drug-likeness (QED) is 0.470. The summed E-state index contributed by atoms with van der Waals surface area (Å²) in [6.07, 6.45) is 0. The summed E-state index contributed by atoms with van der Waals surface area (Å²) >= 11 is 0. The molecule has 0 atom stereocenters. The lowest BCUT2D eigenvalue weighted by atomic mass is 10.2. The van der Waals surface area contributed by atoms with Gasteiger partial charge in [0.15, 0.2) is 0 Å². The molecule has 0 aliphatic heterocycles. The van der Waals surface area contributed by atoms with Gasteiger partial charge in [0.05, 0.1) is 7.11 Å². The minimum Gasteiger partial charge on any atom is -0.508 e. The lowest BCUT2D eigenvalue weighted by Crippen LogP contribution is -1.99. The molecule has 0 aliphatic rings. The number of methoxy groups -OCH3 is 1. The third-order valence-corrected chi connectivity index (χ3v) is 1.33. The fourth-order valence-electron chi connectivity index (χ4n) is 0.731. The maximum Gasteiger partial charge on any atom is 0.212 e. The highest BCUT2D eigenvalue weighted by molar-refractivity contribution is 5.91. The number of benzene rings is 1. The third kappa shape index (κ3) is 1.70. The molecule has 58 valence electrons. The largest absolute Gasteiger partial charge is 0.508 e. The van der Waals surface area contributed by atoms with Crippen LogP contribution in [0.1, 0.15) is 5.56 Å². The Labute approximate surface area is 64.8 Å². The Balaban J connectivity index is 2.90. The van der Waals surface area contributed by atoms with Crippen molar-refractivity contribution in [3.8, 4) is 5.75 Å². The monoisotopic (exact) mass is 151 g/mol. The lowest BCUT2D eigenvalue weighted by molar-refractivity contribution is 0.401. The van der Waals surface area contributed by atoms with Crippen molar-refractivity contribution < 1.29 is 9.84 Å². The highest BCUT2D eigenvalue weighted by atomic mass is 16.5. The zero-order chi connectivity index (χ0) is 8.27. The third-order valence-electron chi connectivity index (χ3n) is 1.33. The molecule has 0 spiro atoms. The van der Waals surface area contributed by atoms with Crippen molar-refractivity contribution in [1.82, 2.24) is 0 Å². The molecule has 1 aromatic rings. The Morgan fingerprint density at radius 1 is 1.36 bits per heavy atom. The standard InChI is InChI=1S/C8H9NO2/c1-11-8(9)6-2-4-7(10)5-3-6/h2-5,9-10H,1H3. The van der Waals surface area contributed by atoms with Crippen molar-refractivity contribution in [2.75, 3.05) is 7.11 Å². The van der Waals surface area contributed by atoms with E-state index in [1.165, 1.54) is 19.2 Å². The summed E-state index contributed by atoms with van der Waals surface area (Å²) in [7, 11) is 1.44. The molecule has 0 amide bonds. The first kappa shape index (κ1) is 7.60. The SMILES string of the molecule is COC(=N)c1ccc(O)cc1. The van der Waals surface area contributed by atoms with Gasteiger partial charge in [0.2, 0.25) is 5.90 Å². The van der Waals surface area contributed by atoms with Crippen LogP contribution in [-0.2, 0) is 4.74 Å². The fraction of sp³-hybridized carbons (Fsp3) is 0.125. The van der Waals surface area contributed by atoms with Crippen LogP contribution in [0.4, 0.5) is 0 Å². The van der Waals surface area contributed by atoms with Crippen molar-refractivity contribution in [3.05, 3.63) is 29.8 Å². The van der Waals surface area contributed by atoms with Crippen LogP contribution < -0.4 is 0 Å². The smallest absolute Gasteiger partial charge is 0.212 e. The van der Waals surface area contributed by atoms with E-state index in [1.807, 2.05) is 0 Å². The van der Waals surface area contributed by atoms with Gasteiger partial charge >= 0.3 is 0 Å². The first-order chi connectivity index (χ1) is 5.24. The van der Waals surface area contributed by atoms with Crippen molar-refractivity contribution in [1.29, 1.82) is 5.41 Å². The van der Waals surface area contributed by atoms with Gasteiger partial charge in [-0.1, -0.05) is 0 Å². The van der Waals surface area contributed by atoms with Crippen LogP contribution in [0, 0.1) is 5.41 Å². The summed E-state index contributed by atoms with van der Waals surface area (Å²) in [4.78, 5) is 0. The van der Waals surface area contributed by atoms with Crippen molar-refractivity contribution in [3.63, 3.8) is 0 Å². The molecule has 0 heterocycles. The molecule has 0 unspecified atom stereocenters. The van der Waals surface area contributed by atoms with Gasteiger partial charge in [0.1, 0.15) is 5.75 Å². The number of nitrogens with one attached hydrogen (secondary N) is 1. The molecule has 2 N–H and O–H groups in total. The maximum absolute atomic E-state index is 8.90. The molecule has 0 saturated carbocycles. The molecular weight excluding hydrogens is 142 g/mol. The van der Waals surface area contributed by atoms with Crippen LogP contribution in [0.2, 0.25) is 0 Å². The highest BCUT2D eigenvalue weighted by Gasteiger charge is 1.98. The average Bonchev–Trinajstić information content (AvgIpc) is 2.05. The van der Waals surface area contributed by atoms with Gasteiger partial charge in [-0.2, -0.15) is 0 Å². The van der Waals surface area contributed by atoms with E-state index in [9.17, 15) is 0 Å². The minimum absolute atomic E-state index is 0.102. The highest BCUT2D eigenvalue weighted by Crippen LogP contribution is 2.09. The summed E-state index contributed by atoms with van der Waals surface area (Å²) in [5.41, 5.74) is 0.658. The molecular formula is C8H9NO2. The Bertz CT molecular complexity index is 253. The van der Waals surface area contributed by atoms with E-state index in [4.69, 9.17) is 10.5 Å². The van der Waals surface area contributed by atoms with Crippen LogP contribution in [0.25, 0.3) is 0 Å². The van der Waals surface area contributed by atoms with E-state index in [0.717, 1.165) is 0 Å². The summed E-state index contributed by atoms with van der Waals surface area (Å²) in [6.45, 7) is 0. The van der Waals surface area contributed by atoms with Crippen LogP contribution in [0.15, 0.2) is 24.3 Å². The number of phenols is 1.